The Hall–Kier alpha value is -1.92. The molecule has 37 heavy (non-hydrogen) atoms. The Morgan fingerprint density at radius 2 is 1.95 bits per heavy atom. The van der Waals surface area contributed by atoms with E-state index in [2.05, 4.69) is 29.3 Å². The number of quaternary nitrogens is 2. The van der Waals surface area contributed by atoms with Crippen molar-refractivity contribution in [2.75, 3.05) is 58.6 Å². The summed E-state index contributed by atoms with van der Waals surface area (Å²) in [5, 5.41) is 21.5. The molecule has 2 aromatic heterocycles. The lowest BCUT2D eigenvalue weighted by Gasteiger charge is -2.54. The molecule has 4 saturated heterocycles. The monoisotopic (exact) mass is 548 g/mol. The maximum atomic E-state index is 12.8. The molecule has 0 radical (unpaired) electrons. The van der Waals surface area contributed by atoms with E-state index >= 15 is 0 Å². The Kier molecular flexibility index (Phi) is 6.04. The lowest BCUT2D eigenvalue weighted by molar-refractivity contribution is -1.07. The minimum absolute atomic E-state index is 0.0814. The molecule has 0 aromatic carbocycles. The van der Waals surface area contributed by atoms with Gasteiger partial charge in [0.05, 0.1) is 48.8 Å². The molecule has 4 fully saturated rings. The van der Waals surface area contributed by atoms with Gasteiger partial charge in [-0.2, -0.15) is 4.40 Å². The second-order valence-electron chi connectivity index (χ2n) is 11.7. The molecule has 7 heterocycles. The van der Waals surface area contributed by atoms with Crippen molar-refractivity contribution in [3.05, 3.63) is 23.1 Å². The summed E-state index contributed by atoms with van der Waals surface area (Å²) in [6.07, 6.45) is 3.33. The summed E-state index contributed by atoms with van der Waals surface area (Å²) in [4.78, 5) is 28.5. The first-order valence-corrected chi connectivity index (χ1v) is 15.2. The number of hydrogen-bond acceptors (Lipinski definition) is 5. The normalized spacial score (nSPS) is 33.8. The smallest absolute Gasteiger partial charge is 0.352 e. The van der Waals surface area contributed by atoms with Crippen molar-refractivity contribution in [1.82, 2.24) is 9.30 Å². The highest BCUT2D eigenvalue weighted by atomic mass is 32.2. The van der Waals surface area contributed by atoms with E-state index in [1.54, 1.807) is 18.3 Å². The van der Waals surface area contributed by atoms with E-state index in [4.69, 9.17) is 0 Å². The van der Waals surface area contributed by atoms with E-state index in [-0.39, 0.29) is 23.6 Å². The average molecular weight is 549 g/mol. The summed E-state index contributed by atoms with van der Waals surface area (Å²) in [5.41, 5.74) is 0.792. The minimum atomic E-state index is -1.08. The fourth-order valence-corrected chi connectivity index (χ4v) is 9.75. The second kappa shape index (κ2) is 8.81. The van der Waals surface area contributed by atoms with Crippen LogP contribution in [0, 0.1) is 11.8 Å². The Balaban J connectivity index is 1.28. The number of rotatable bonds is 8. The molecule has 2 aromatic rings. The topological polar surface area (TPSA) is 86.1 Å². The molecule has 0 aliphatic carbocycles. The van der Waals surface area contributed by atoms with E-state index in [0.717, 1.165) is 22.0 Å². The Morgan fingerprint density at radius 1 is 1.27 bits per heavy atom. The number of likely N-dealkylation sites (N-methyl/N-ethyl adjacent to an activating group) is 1. The van der Waals surface area contributed by atoms with Crippen LogP contribution in [0.5, 0.6) is 0 Å². The number of carbonyl (C=O) groups excluding carboxylic acids is 1. The number of thiazole rings is 1. The van der Waals surface area contributed by atoms with Gasteiger partial charge in [-0.05, 0) is 13.8 Å². The van der Waals surface area contributed by atoms with Gasteiger partial charge < -0.3 is 24.1 Å². The molecule has 2 N–H and O–H groups in total. The summed E-state index contributed by atoms with van der Waals surface area (Å²) in [7, 11) is 2.40. The number of fused-ring (bicyclic) bond motifs is 5. The summed E-state index contributed by atoms with van der Waals surface area (Å²) in [6, 6.07) is -0.298. The van der Waals surface area contributed by atoms with Gasteiger partial charge in [0.25, 0.3) is 6.33 Å². The zero-order chi connectivity index (χ0) is 26.3. The summed E-state index contributed by atoms with van der Waals surface area (Å²) in [6.45, 7) is 15.5. The molecule has 1 amide bonds. The lowest BCUT2D eigenvalue weighted by atomic mass is 9.77. The second-order valence-corrected chi connectivity index (χ2v) is 13.8. The van der Waals surface area contributed by atoms with Gasteiger partial charge in [0.15, 0.2) is 0 Å². The third-order valence-electron chi connectivity index (χ3n) is 9.53. The first kappa shape index (κ1) is 25.4. The Morgan fingerprint density at radius 3 is 2.54 bits per heavy atom. The van der Waals surface area contributed by atoms with Crippen LogP contribution < -0.4 is 4.57 Å². The number of carboxylic acids is 1. The number of aliphatic hydroxyl groups is 1. The van der Waals surface area contributed by atoms with Crippen LogP contribution in [-0.4, -0.2) is 111 Å². The van der Waals surface area contributed by atoms with E-state index in [9.17, 15) is 19.8 Å². The van der Waals surface area contributed by atoms with Crippen molar-refractivity contribution in [1.29, 1.82) is 0 Å². The maximum absolute atomic E-state index is 12.8. The van der Waals surface area contributed by atoms with Crippen LogP contribution in [0.15, 0.2) is 23.2 Å². The van der Waals surface area contributed by atoms with Gasteiger partial charge in [0, 0.05) is 11.5 Å². The van der Waals surface area contributed by atoms with Crippen molar-refractivity contribution in [3.8, 4) is 0 Å². The summed E-state index contributed by atoms with van der Waals surface area (Å²) >= 11 is 3.53. The number of aromatic nitrogens is 2. The molecule has 0 unspecified atom stereocenters. The van der Waals surface area contributed by atoms with Crippen LogP contribution >= 0.6 is 23.1 Å². The molecule has 4 atom stereocenters. The summed E-state index contributed by atoms with van der Waals surface area (Å²) in [5.74, 6) is -1.00. The van der Waals surface area contributed by atoms with Gasteiger partial charge in [-0.25, -0.2) is 9.36 Å². The molecule has 0 spiro atoms. The van der Waals surface area contributed by atoms with E-state index in [1.807, 2.05) is 24.9 Å². The largest absolute Gasteiger partial charge is 0.477 e. The zero-order valence-corrected chi connectivity index (χ0v) is 23.7. The van der Waals surface area contributed by atoms with Crippen molar-refractivity contribution >= 4 is 45.4 Å². The number of aryl methyl sites for hydroxylation is 1. The molecular weight excluding hydrogens is 510 g/mol. The standard InChI is InChI=1S/C26H37N5O4S2/c1-5-27-15-28-14-18(19-16(2)21-20(17(3)32)23(33)29(21)22(19)26(34)35)37-25(28)24(27)36-13-12-31-9-6-30(4,7-10-31)8-11-31/h14-17,20-21,32H,5-13H2,1-4H3/q+2/p+1/t16-,17+,20+,21+,30?,31?/m0/s1. The quantitative estimate of drug-likeness (QED) is 0.225. The number of β-lactam (4-membered cyclic amide) rings is 1. The maximum Gasteiger partial charge on any atom is 0.352 e. The Labute approximate surface area is 225 Å². The molecule has 5 aliphatic rings. The van der Waals surface area contributed by atoms with Crippen LogP contribution in [0.4, 0.5) is 0 Å². The number of aliphatic carboxylic acids is 1. The first-order chi connectivity index (χ1) is 17.6. The molecule has 5 aliphatic heterocycles. The molecule has 11 heteroatoms. The number of amides is 1. The van der Waals surface area contributed by atoms with Gasteiger partial charge in [-0.3, -0.25) is 4.79 Å². The lowest BCUT2D eigenvalue weighted by Crippen LogP contribution is -2.74. The van der Waals surface area contributed by atoms with Gasteiger partial charge >= 0.3 is 5.97 Å². The summed E-state index contributed by atoms with van der Waals surface area (Å²) < 4.78 is 6.90. The highest BCUT2D eigenvalue weighted by Crippen LogP contribution is 2.51. The van der Waals surface area contributed by atoms with Crippen LogP contribution in [-0.2, 0) is 16.1 Å². The predicted molar refractivity (Wildman–Crippen MR) is 142 cm³/mol. The van der Waals surface area contributed by atoms with Crippen LogP contribution in [0.1, 0.15) is 25.6 Å². The number of hydrogen-bond donors (Lipinski definition) is 2. The van der Waals surface area contributed by atoms with Gasteiger partial charge in [-0.15, -0.1) is 0 Å². The van der Waals surface area contributed by atoms with Crippen LogP contribution in [0.25, 0.3) is 10.4 Å². The van der Waals surface area contributed by atoms with E-state index in [1.165, 1.54) is 64.7 Å². The average Bonchev–Trinajstić information content (AvgIpc) is 3.48. The van der Waals surface area contributed by atoms with Gasteiger partial charge in [-0.1, -0.05) is 30.0 Å². The van der Waals surface area contributed by atoms with Crippen molar-refractivity contribution in [2.24, 2.45) is 11.8 Å². The van der Waals surface area contributed by atoms with Crippen LogP contribution in [0.3, 0.4) is 0 Å². The molecule has 200 valence electrons. The highest BCUT2D eigenvalue weighted by molar-refractivity contribution is 7.99. The van der Waals surface area contributed by atoms with Crippen molar-refractivity contribution in [2.45, 2.75) is 44.5 Å². The highest BCUT2D eigenvalue weighted by Gasteiger charge is 2.60. The zero-order valence-electron chi connectivity index (χ0n) is 22.1. The third-order valence-corrected chi connectivity index (χ3v) is 11.9. The predicted octanol–water partition coefficient (Wildman–Crippen LogP) is 1.34. The third kappa shape index (κ3) is 3.80. The number of nitrogens with zero attached hydrogens (tertiary/aromatic N) is 5. The van der Waals surface area contributed by atoms with Crippen molar-refractivity contribution < 1.29 is 33.3 Å². The fourth-order valence-electron chi connectivity index (χ4n) is 7.02. The number of imidazole rings is 1. The molecule has 2 bridgehead atoms. The van der Waals surface area contributed by atoms with E-state index < -0.39 is 18.0 Å². The number of thioether (sulfide) groups is 1. The number of carbonyl (C=O) groups is 2. The van der Waals surface area contributed by atoms with Crippen molar-refractivity contribution in [3.63, 3.8) is 0 Å². The minimum Gasteiger partial charge on any atom is -0.477 e. The Bertz CT molecular complexity index is 1290. The molecule has 9 nitrogen and oxygen atoms in total. The number of aliphatic hydroxyl groups excluding tert-OH is 1. The van der Waals surface area contributed by atoms with Gasteiger partial charge in [0.2, 0.25) is 15.8 Å². The molecule has 0 saturated carbocycles. The number of carboxylic acid groups (broad SMARTS) is 1. The van der Waals surface area contributed by atoms with E-state index in [0.29, 0.717) is 5.57 Å². The van der Waals surface area contributed by atoms with Gasteiger partial charge in [0.1, 0.15) is 51.2 Å². The number of piperazine rings is 3. The fraction of sp³-hybridized carbons (Fsp3) is 0.654. The first-order valence-electron chi connectivity index (χ1n) is 13.4. The SMILES string of the molecule is CC[n+]1cn2cc(C3=C(C(=O)O)N4C(=O)[C@H]([C@@H](C)O)[C@H]4[C@H]3C)sc2c1SCC[N+]12CC[N+](C)(CC1)CC2. The molecular formula is C26H38N5O4S2+3. The molecule has 7 rings (SSSR count). The van der Waals surface area contributed by atoms with Crippen LogP contribution in [0.2, 0.25) is 0 Å².